The van der Waals surface area contributed by atoms with Crippen molar-refractivity contribution in [2.24, 2.45) is 11.7 Å². The number of amides is 1. The molecule has 1 fully saturated rings. The fourth-order valence-corrected chi connectivity index (χ4v) is 3.86. The summed E-state index contributed by atoms with van der Waals surface area (Å²) in [4.78, 5) is 17.0. The summed E-state index contributed by atoms with van der Waals surface area (Å²) in [5, 5.41) is 6.17. The largest absolute Gasteiger partial charge is 0.347 e. The first kappa shape index (κ1) is 15.4. The van der Waals surface area contributed by atoms with E-state index < -0.39 is 0 Å². The molecule has 3 atom stereocenters. The number of hydrogen-bond donors (Lipinski definition) is 2. The minimum Gasteiger partial charge on any atom is -0.347 e. The van der Waals surface area contributed by atoms with Crippen molar-refractivity contribution < 1.29 is 4.79 Å². The van der Waals surface area contributed by atoms with Crippen LogP contribution in [0.3, 0.4) is 0 Å². The lowest BCUT2D eigenvalue weighted by Gasteiger charge is -2.37. The molecule has 1 aromatic rings. The van der Waals surface area contributed by atoms with Gasteiger partial charge in [-0.1, -0.05) is 19.8 Å². The number of carbonyl (C=O) groups is 1. The van der Waals surface area contributed by atoms with Crippen molar-refractivity contribution in [2.75, 3.05) is 0 Å². The Bertz CT molecular complexity index is 469. The van der Waals surface area contributed by atoms with E-state index in [9.17, 15) is 4.79 Å². The van der Waals surface area contributed by atoms with Gasteiger partial charge in [-0.25, -0.2) is 4.98 Å². The summed E-state index contributed by atoms with van der Waals surface area (Å²) in [6.07, 6.45) is 4.90. The van der Waals surface area contributed by atoms with E-state index in [-0.39, 0.29) is 23.4 Å². The maximum absolute atomic E-state index is 12.5. The fraction of sp³-hybridized carbons (Fsp3) is 0.733. The van der Waals surface area contributed by atoms with Crippen LogP contribution in [0, 0.1) is 12.8 Å². The Kier molecular flexibility index (Phi) is 4.81. The molecule has 112 valence electrons. The molecule has 5 heteroatoms. The number of carbonyl (C=O) groups excluding carboxylic acids is 1. The molecule has 1 aromatic heterocycles. The van der Waals surface area contributed by atoms with E-state index in [4.69, 9.17) is 5.73 Å². The zero-order valence-electron chi connectivity index (χ0n) is 12.6. The lowest BCUT2D eigenvalue weighted by Crippen LogP contribution is -2.53. The van der Waals surface area contributed by atoms with Crippen LogP contribution in [0.15, 0.2) is 5.38 Å². The third-order valence-corrected chi connectivity index (χ3v) is 5.31. The van der Waals surface area contributed by atoms with Gasteiger partial charge in [-0.05, 0) is 33.1 Å². The zero-order chi connectivity index (χ0) is 14.8. The van der Waals surface area contributed by atoms with Gasteiger partial charge in [0, 0.05) is 16.6 Å². The van der Waals surface area contributed by atoms with Crippen molar-refractivity contribution in [3.05, 3.63) is 16.1 Å². The van der Waals surface area contributed by atoms with Crippen molar-refractivity contribution >= 4 is 17.2 Å². The SMILES string of the molecule is CCC(NC(=O)C1CCCCC1(C)N)c1nc(C)cs1. The van der Waals surface area contributed by atoms with Crippen molar-refractivity contribution in [1.29, 1.82) is 0 Å². The Balaban J connectivity index is 2.05. The maximum atomic E-state index is 12.5. The summed E-state index contributed by atoms with van der Waals surface area (Å²) in [6, 6.07) is 0.0129. The maximum Gasteiger partial charge on any atom is 0.225 e. The molecule has 0 aliphatic heterocycles. The van der Waals surface area contributed by atoms with Crippen molar-refractivity contribution in [1.82, 2.24) is 10.3 Å². The lowest BCUT2D eigenvalue weighted by molar-refractivity contribution is -0.128. The standard InChI is InChI=1S/C15H25N3OS/c1-4-12(14-17-10(2)9-20-14)18-13(19)11-7-5-6-8-15(11,3)16/h9,11-12H,4-8,16H2,1-3H3,(H,18,19). The van der Waals surface area contributed by atoms with E-state index in [2.05, 4.69) is 17.2 Å². The lowest BCUT2D eigenvalue weighted by atomic mass is 9.74. The molecule has 1 aliphatic rings. The van der Waals surface area contributed by atoms with E-state index in [1.165, 1.54) is 0 Å². The van der Waals surface area contributed by atoms with Gasteiger partial charge in [0.25, 0.3) is 0 Å². The highest BCUT2D eigenvalue weighted by molar-refractivity contribution is 7.09. The predicted octanol–water partition coefficient (Wildman–Crippen LogP) is 2.93. The van der Waals surface area contributed by atoms with E-state index in [0.717, 1.165) is 42.8 Å². The van der Waals surface area contributed by atoms with Crippen molar-refractivity contribution in [3.8, 4) is 0 Å². The molecule has 0 bridgehead atoms. The van der Waals surface area contributed by atoms with Crippen LogP contribution in [0.5, 0.6) is 0 Å². The first-order chi connectivity index (χ1) is 9.44. The van der Waals surface area contributed by atoms with Gasteiger partial charge in [-0.2, -0.15) is 0 Å². The minimum absolute atomic E-state index is 0.0129. The van der Waals surface area contributed by atoms with Gasteiger partial charge in [0.2, 0.25) is 5.91 Å². The van der Waals surface area contributed by atoms with Crippen LogP contribution in [0.2, 0.25) is 0 Å². The van der Waals surface area contributed by atoms with Crippen LogP contribution in [0.1, 0.15) is 62.7 Å². The van der Waals surface area contributed by atoms with Crippen LogP contribution in [0.25, 0.3) is 0 Å². The van der Waals surface area contributed by atoms with Gasteiger partial charge >= 0.3 is 0 Å². The second kappa shape index (κ2) is 6.22. The van der Waals surface area contributed by atoms with Crippen LogP contribution in [-0.4, -0.2) is 16.4 Å². The average Bonchev–Trinajstić information content (AvgIpc) is 2.81. The molecule has 0 aromatic carbocycles. The highest BCUT2D eigenvalue weighted by atomic mass is 32.1. The number of aromatic nitrogens is 1. The Morgan fingerprint density at radius 2 is 2.40 bits per heavy atom. The Morgan fingerprint density at radius 1 is 1.65 bits per heavy atom. The summed E-state index contributed by atoms with van der Waals surface area (Å²) < 4.78 is 0. The first-order valence-corrected chi connectivity index (χ1v) is 8.33. The number of thiazole rings is 1. The second-order valence-corrected chi connectivity index (χ2v) is 6.99. The fourth-order valence-electron chi connectivity index (χ4n) is 2.93. The third-order valence-electron chi connectivity index (χ3n) is 4.23. The van der Waals surface area contributed by atoms with Gasteiger partial charge in [0.05, 0.1) is 12.0 Å². The summed E-state index contributed by atoms with van der Waals surface area (Å²) in [7, 11) is 0. The zero-order valence-corrected chi connectivity index (χ0v) is 13.4. The molecule has 2 rings (SSSR count). The summed E-state index contributed by atoms with van der Waals surface area (Å²) in [5.41, 5.74) is 6.95. The number of rotatable bonds is 4. The van der Waals surface area contributed by atoms with Crippen LogP contribution in [0.4, 0.5) is 0 Å². The highest BCUT2D eigenvalue weighted by Crippen LogP contribution is 2.32. The quantitative estimate of drug-likeness (QED) is 0.897. The molecule has 1 saturated carbocycles. The second-order valence-electron chi connectivity index (χ2n) is 6.10. The molecular formula is C15H25N3OS. The smallest absolute Gasteiger partial charge is 0.225 e. The monoisotopic (exact) mass is 295 g/mol. The van der Waals surface area contributed by atoms with Crippen molar-refractivity contribution in [3.63, 3.8) is 0 Å². The van der Waals surface area contributed by atoms with Gasteiger partial charge in [0.1, 0.15) is 5.01 Å². The number of aryl methyl sites for hydroxylation is 1. The van der Waals surface area contributed by atoms with Gasteiger partial charge in [-0.15, -0.1) is 11.3 Å². The average molecular weight is 295 g/mol. The van der Waals surface area contributed by atoms with Crippen molar-refractivity contribution in [2.45, 2.75) is 64.5 Å². The highest BCUT2D eigenvalue weighted by Gasteiger charge is 2.38. The van der Waals surface area contributed by atoms with Gasteiger partial charge in [0.15, 0.2) is 0 Å². The van der Waals surface area contributed by atoms with Gasteiger partial charge in [-0.3, -0.25) is 4.79 Å². The van der Waals surface area contributed by atoms with E-state index in [0.29, 0.717) is 0 Å². The molecule has 0 radical (unpaired) electrons. The molecule has 0 saturated heterocycles. The molecule has 20 heavy (non-hydrogen) atoms. The van der Waals surface area contributed by atoms with E-state index in [1.54, 1.807) is 11.3 Å². The molecule has 1 heterocycles. The summed E-state index contributed by atoms with van der Waals surface area (Å²) in [5.74, 6) is 0.0146. The topological polar surface area (TPSA) is 68.0 Å². The number of nitrogens with two attached hydrogens (primary N) is 1. The first-order valence-electron chi connectivity index (χ1n) is 7.45. The third kappa shape index (κ3) is 3.38. The molecule has 3 unspecified atom stereocenters. The van der Waals surface area contributed by atoms with E-state index >= 15 is 0 Å². The number of nitrogens with one attached hydrogen (secondary N) is 1. The molecule has 4 nitrogen and oxygen atoms in total. The van der Waals surface area contributed by atoms with Gasteiger partial charge < -0.3 is 11.1 Å². The molecular weight excluding hydrogens is 270 g/mol. The summed E-state index contributed by atoms with van der Waals surface area (Å²) in [6.45, 7) is 6.06. The normalized spacial score (nSPS) is 28.1. The number of hydrogen-bond acceptors (Lipinski definition) is 4. The molecule has 0 spiro atoms. The Labute approximate surface area is 125 Å². The van der Waals surface area contributed by atoms with Crippen LogP contribution < -0.4 is 11.1 Å². The summed E-state index contributed by atoms with van der Waals surface area (Å²) >= 11 is 1.61. The number of nitrogens with zero attached hydrogens (tertiary/aromatic N) is 1. The molecule has 3 N–H and O–H groups in total. The van der Waals surface area contributed by atoms with E-state index in [1.807, 2.05) is 19.2 Å². The minimum atomic E-state index is -0.376. The molecule has 1 amide bonds. The molecule has 1 aliphatic carbocycles. The Morgan fingerprint density at radius 3 is 2.95 bits per heavy atom. The van der Waals surface area contributed by atoms with Crippen LogP contribution in [-0.2, 0) is 4.79 Å². The Hall–Kier alpha value is -0.940. The van der Waals surface area contributed by atoms with Crippen LogP contribution >= 0.6 is 11.3 Å². The predicted molar refractivity (Wildman–Crippen MR) is 82.6 cm³/mol.